The van der Waals surface area contributed by atoms with Crippen LogP contribution in [0.25, 0.3) is 5.69 Å². The second-order valence-corrected chi connectivity index (χ2v) is 6.18. The average molecular weight is 363 g/mol. The Kier molecular flexibility index (Phi) is 6.06. The van der Waals surface area contributed by atoms with Crippen molar-refractivity contribution in [2.24, 2.45) is 0 Å². The van der Waals surface area contributed by atoms with Crippen LogP contribution in [-0.2, 0) is 6.54 Å². The molecule has 0 saturated carbocycles. The summed E-state index contributed by atoms with van der Waals surface area (Å²) in [6.07, 6.45) is 1.92. The number of benzene rings is 1. The fourth-order valence-electron chi connectivity index (χ4n) is 2.54. The summed E-state index contributed by atoms with van der Waals surface area (Å²) in [6, 6.07) is 5.86. The molecule has 1 atom stereocenters. The van der Waals surface area contributed by atoms with Crippen LogP contribution in [0.2, 0.25) is 10.0 Å². The molecule has 0 amide bonds. The molecule has 2 aromatic rings. The van der Waals surface area contributed by atoms with Crippen molar-refractivity contribution in [2.45, 2.75) is 19.5 Å². The van der Waals surface area contributed by atoms with E-state index >= 15 is 0 Å². The van der Waals surface area contributed by atoms with Crippen molar-refractivity contribution in [2.75, 3.05) is 19.6 Å². The zero-order valence-electron chi connectivity index (χ0n) is 12.2. The Morgan fingerprint density at radius 1 is 1.36 bits per heavy atom. The first kappa shape index (κ1) is 17.5. The molecule has 1 aromatic heterocycles. The van der Waals surface area contributed by atoms with Crippen molar-refractivity contribution >= 4 is 35.6 Å². The summed E-state index contributed by atoms with van der Waals surface area (Å²) in [5.74, 6) is 0. The number of hydrogen-bond acceptors (Lipinski definition) is 4. The summed E-state index contributed by atoms with van der Waals surface area (Å²) in [4.78, 5) is 2.37. The van der Waals surface area contributed by atoms with E-state index in [2.05, 4.69) is 27.5 Å². The van der Waals surface area contributed by atoms with Gasteiger partial charge in [-0.15, -0.1) is 17.5 Å². The van der Waals surface area contributed by atoms with E-state index in [0.29, 0.717) is 16.1 Å². The Bertz CT molecular complexity index is 631. The second-order valence-electron chi connectivity index (χ2n) is 5.34. The van der Waals surface area contributed by atoms with E-state index in [-0.39, 0.29) is 12.4 Å². The maximum atomic E-state index is 6.19. The Labute approximate surface area is 146 Å². The first-order valence-corrected chi connectivity index (χ1v) is 7.70. The van der Waals surface area contributed by atoms with Crippen molar-refractivity contribution in [1.82, 2.24) is 25.2 Å². The third-order valence-electron chi connectivity index (χ3n) is 3.54. The molecule has 1 saturated heterocycles. The van der Waals surface area contributed by atoms with Crippen molar-refractivity contribution < 1.29 is 0 Å². The van der Waals surface area contributed by atoms with Crippen LogP contribution in [0.1, 0.15) is 12.6 Å². The van der Waals surface area contributed by atoms with Crippen LogP contribution in [-0.4, -0.2) is 45.6 Å². The van der Waals surface area contributed by atoms with Gasteiger partial charge in [-0.1, -0.05) is 28.4 Å². The van der Waals surface area contributed by atoms with Gasteiger partial charge in [-0.2, -0.15) is 0 Å². The summed E-state index contributed by atoms with van der Waals surface area (Å²) in [5, 5.41) is 13.0. The van der Waals surface area contributed by atoms with Gasteiger partial charge in [-0.3, -0.25) is 4.90 Å². The van der Waals surface area contributed by atoms with E-state index in [4.69, 9.17) is 23.2 Å². The van der Waals surface area contributed by atoms with Crippen molar-refractivity contribution in [3.05, 3.63) is 40.1 Å². The zero-order valence-corrected chi connectivity index (χ0v) is 14.5. The van der Waals surface area contributed by atoms with Gasteiger partial charge in [0.25, 0.3) is 0 Å². The lowest BCUT2D eigenvalue weighted by atomic mass is 10.2. The Balaban J connectivity index is 0.00000176. The van der Waals surface area contributed by atoms with E-state index in [1.54, 1.807) is 16.8 Å². The lowest BCUT2D eigenvalue weighted by Crippen LogP contribution is -2.48. The minimum Gasteiger partial charge on any atom is -0.312 e. The van der Waals surface area contributed by atoms with Crippen LogP contribution in [0.5, 0.6) is 0 Å². The molecule has 1 fully saturated rings. The minimum atomic E-state index is 0. The van der Waals surface area contributed by atoms with E-state index in [0.717, 1.165) is 37.6 Å². The highest BCUT2D eigenvalue weighted by atomic mass is 35.5. The quantitative estimate of drug-likeness (QED) is 0.912. The first-order chi connectivity index (χ1) is 10.1. The SMILES string of the molecule is C[C@H]1CN(Cc2cn(-c3ccc(Cl)cc3Cl)nn2)CCN1.Cl. The summed E-state index contributed by atoms with van der Waals surface area (Å²) < 4.78 is 1.69. The normalized spacial score (nSPS) is 19.0. The predicted molar refractivity (Wildman–Crippen MR) is 91.4 cm³/mol. The maximum absolute atomic E-state index is 6.19. The van der Waals surface area contributed by atoms with Gasteiger partial charge < -0.3 is 5.32 Å². The smallest absolute Gasteiger partial charge is 0.0971 e. The van der Waals surface area contributed by atoms with Crippen molar-refractivity contribution in [3.63, 3.8) is 0 Å². The zero-order chi connectivity index (χ0) is 14.8. The third-order valence-corrected chi connectivity index (χ3v) is 4.07. The molecular weight excluding hydrogens is 345 g/mol. The molecule has 0 spiro atoms. The molecule has 0 radical (unpaired) electrons. The Morgan fingerprint density at radius 3 is 2.91 bits per heavy atom. The van der Waals surface area contributed by atoms with Gasteiger partial charge in [-0.05, 0) is 25.1 Å². The number of nitrogens with one attached hydrogen (secondary N) is 1. The van der Waals surface area contributed by atoms with Crippen LogP contribution in [0.15, 0.2) is 24.4 Å². The number of halogens is 3. The average Bonchev–Trinajstić information content (AvgIpc) is 2.87. The third kappa shape index (κ3) is 4.12. The highest BCUT2D eigenvalue weighted by molar-refractivity contribution is 6.35. The van der Waals surface area contributed by atoms with Gasteiger partial charge in [0, 0.05) is 37.2 Å². The fraction of sp³-hybridized carbons (Fsp3) is 0.429. The number of nitrogens with zero attached hydrogens (tertiary/aromatic N) is 4. The molecule has 120 valence electrons. The molecule has 5 nitrogen and oxygen atoms in total. The molecule has 1 N–H and O–H groups in total. The largest absolute Gasteiger partial charge is 0.312 e. The molecule has 0 aliphatic carbocycles. The lowest BCUT2D eigenvalue weighted by Gasteiger charge is -2.30. The van der Waals surface area contributed by atoms with E-state index < -0.39 is 0 Å². The van der Waals surface area contributed by atoms with Crippen molar-refractivity contribution in [3.8, 4) is 5.69 Å². The van der Waals surface area contributed by atoms with Gasteiger partial charge in [-0.25, -0.2) is 4.68 Å². The fourth-order valence-corrected chi connectivity index (χ4v) is 3.04. The molecule has 0 bridgehead atoms. The molecule has 0 unspecified atom stereocenters. The second kappa shape index (κ2) is 7.62. The van der Waals surface area contributed by atoms with Gasteiger partial charge in [0.1, 0.15) is 0 Å². The van der Waals surface area contributed by atoms with Crippen LogP contribution in [0.4, 0.5) is 0 Å². The maximum Gasteiger partial charge on any atom is 0.0971 e. The van der Waals surface area contributed by atoms with Crippen LogP contribution in [0.3, 0.4) is 0 Å². The highest BCUT2D eigenvalue weighted by Gasteiger charge is 2.17. The summed E-state index contributed by atoms with van der Waals surface area (Å²) in [7, 11) is 0. The number of piperazine rings is 1. The molecule has 1 aliphatic heterocycles. The van der Waals surface area contributed by atoms with Gasteiger partial charge in [0.05, 0.1) is 22.6 Å². The molecule has 3 rings (SSSR count). The van der Waals surface area contributed by atoms with Crippen molar-refractivity contribution in [1.29, 1.82) is 0 Å². The highest BCUT2D eigenvalue weighted by Crippen LogP contribution is 2.23. The number of rotatable bonds is 3. The molecule has 1 aromatic carbocycles. The monoisotopic (exact) mass is 361 g/mol. The topological polar surface area (TPSA) is 46.0 Å². The van der Waals surface area contributed by atoms with Gasteiger partial charge in [0.15, 0.2) is 0 Å². The number of hydrogen-bond donors (Lipinski definition) is 1. The van der Waals surface area contributed by atoms with Crippen LogP contribution < -0.4 is 5.32 Å². The minimum absolute atomic E-state index is 0. The van der Waals surface area contributed by atoms with E-state index in [9.17, 15) is 0 Å². The predicted octanol–water partition coefficient (Wildman–Crippen LogP) is 2.79. The summed E-state index contributed by atoms with van der Waals surface area (Å²) in [6.45, 7) is 6.06. The van der Waals surface area contributed by atoms with E-state index in [1.807, 2.05) is 12.3 Å². The van der Waals surface area contributed by atoms with Gasteiger partial charge in [0.2, 0.25) is 0 Å². The van der Waals surface area contributed by atoms with Crippen LogP contribution >= 0.6 is 35.6 Å². The molecule has 1 aliphatic rings. The number of aromatic nitrogens is 3. The standard InChI is InChI=1S/C14H17Cl2N5.ClH/c1-10-7-20(5-4-17-10)8-12-9-21(19-18-12)14-3-2-11(15)6-13(14)16;/h2-3,6,9-10,17H,4-5,7-8H2,1H3;1H/t10-;/m0./s1. The molecule has 2 heterocycles. The van der Waals surface area contributed by atoms with Crippen LogP contribution in [0, 0.1) is 0 Å². The lowest BCUT2D eigenvalue weighted by molar-refractivity contribution is 0.197. The summed E-state index contributed by atoms with van der Waals surface area (Å²) in [5.41, 5.74) is 1.73. The Morgan fingerprint density at radius 2 is 2.18 bits per heavy atom. The van der Waals surface area contributed by atoms with E-state index in [1.165, 1.54) is 0 Å². The Hall–Kier alpha value is -0.850. The first-order valence-electron chi connectivity index (χ1n) is 6.94. The molecule has 8 heteroatoms. The van der Waals surface area contributed by atoms with Gasteiger partial charge >= 0.3 is 0 Å². The molecular formula is C14H18Cl3N5. The molecule has 22 heavy (non-hydrogen) atoms. The summed E-state index contributed by atoms with van der Waals surface area (Å²) >= 11 is 12.1.